The first-order valence-corrected chi connectivity index (χ1v) is 5.25. The van der Waals surface area contributed by atoms with Crippen LogP contribution in [-0.2, 0) is 4.79 Å². The van der Waals surface area contributed by atoms with Crippen LogP contribution in [0.3, 0.4) is 0 Å². The number of nitrogens with one attached hydrogen (secondary N) is 1. The number of nitrogens with zero attached hydrogens (tertiary/aromatic N) is 2. The molecule has 1 amide bonds. The van der Waals surface area contributed by atoms with E-state index < -0.39 is 0 Å². The van der Waals surface area contributed by atoms with Crippen LogP contribution in [0.15, 0.2) is 12.3 Å². The average molecular weight is 208 g/mol. The summed E-state index contributed by atoms with van der Waals surface area (Å²) in [4.78, 5) is 11.7. The zero-order valence-corrected chi connectivity index (χ0v) is 8.81. The monoisotopic (exact) mass is 208 g/mol. The summed E-state index contributed by atoms with van der Waals surface area (Å²) in [6.45, 7) is 2.61. The molecular weight excluding hydrogens is 192 g/mol. The summed E-state index contributed by atoms with van der Waals surface area (Å²) in [7, 11) is 0. The molecule has 0 aliphatic heterocycles. The van der Waals surface area contributed by atoms with E-state index in [1.54, 1.807) is 16.9 Å². The molecule has 0 spiro atoms. The first kappa shape index (κ1) is 10.0. The van der Waals surface area contributed by atoms with E-state index in [-0.39, 0.29) is 11.9 Å². The van der Waals surface area contributed by atoms with Gasteiger partial charge in [0, 0.05) is 12.7 Å². The summed E-state index contributed by atoms with van der Waals surface area (Å²) in [5.74, 6) is 1.14. The molecule has 1 atom stereocenters. The smallest absolute Gasteiger partial charge is 0.244 e. The van der Waals surface area contributed by atoms with Crippen LogP contribution in [0.25, 0.3) is 0 Å². The van der Waals surface area contributed by atoms with Crippen molar-refractivity contribution in [3.05, 3.63) is 12.3 Å². The molecule has 82 valence electrons. The van der Waals surface area contributed by atoms with Crippen molar-refractivity contribution in [2.45, 2.75) is 25.8 Å². The molecule has 1 aromatic heterocycles. The van der Waals surface area contributed by atoms with Crippen molar-refractivity contribution in [3.63, 3.8) is 0 Å². The van der Waals surface area contributed by atoms with Crippen LogP contribution < -0.4 is 11.1 Å². The van der Waals surface area contributed by atoms with Gasteiger partial charge in [-0.1, -0.05) is 0 Å². The van der Waals surface area contributed by atoms with Crippen LogP contribution in [0.2, 0.25) is 0 Å². The predicted molar refractivity (Wildman–Crippen MR) is 57.1 cm³/mol. The third-order valence-corrected chi connectivity index (χ3v) is 2.67. The van der Waals surface area contributed by atoms with Crippen LogP contribution in [0, 0.1) is 5.92 Å². The van der Waals surface area contributed by atoms with E-state index in [1.807, 2.05) is 6.92 Å². The largest absolute Gasteiger partial charge is 0.382 e. The molecule has 5 nitrogen and oxygen atoms in total. The van der Waals surface area contributed by atoms with Crippen LogP contribution >= 0.6 is 0 Å². The van der Waals surface area contributed by atoms with Gasteiger partial charge in [-0.15, -0.1) is 0 Å². The van der Waals surface area contributed by atoms with Crippen molar-refractivity contribution in [1.29, 1.82) is 0 Å². The van der Waals surface area contributed by atoms with Gasteiger partial charge in [-0.25, -0.2) is 0 Å². The maximum Gasteiger partial charge on any atom is 0.244 e. The first-order valence-electron chi connectivity index (χ1n) is 5.25. The number of nitrogen functional groups attached to an aromatic ring is 1. The van der Waals surface area contributed by atoms with E-state index in [1.165, 1.54) is 12.8 Å². The molecule has 1 aliphatic carbocycles. The Morgan fingerprint density at radius 1 is 1.80 bits per heavy atom. The standard InChI is InChI=1S/C10H16N4O/c1-7(14-5-4-9(11)13-14)10(15)12-6-8-2-3-8/h4-5,7-8H,2-3,6H2,1H3,(H2,11,13)(H,12,15). The van der Waals surface area contributed by atoms with Gasteiger partial charge in [0.1, 0.15) is 11.9 Å². The topological polar surface area (TPSA) is 72.9 Å². The lowest BCUT2D eigenvalue weighted by molar-refractivity contribution is -0.124. The van der Waals surface area contributed by atoms with Crippen LogP contribution in [0.1, 0.15) is 25.8 Å². The lowest BCUT2D eigenvalue weighted by Gasteiger charge is -2.12. The van der Waals surface area contributed by atoms with Crippen molar-refractivity contribution in [2.75, 3.05) is 12.3 Å². The molecule has 0 radical (unpaired) electrons. The molecule has 1 aromatic rings. The normalized spacial score (nSPS) is 17.4. The summed E-state index contributed by atoms with van der Waals surface area (Å²) in [6, 6.07) is 1.39. The Kier molecular flexibility index (Phi) is 2.62. The van der Waals surface area contributed by atoms with E-state index in [9.17, 15) is 4.79 Å². The van der Waals surface area contributed by atoms with Crippen molar-refractivity contribution < 1.29 is 4.79 Å². The average Bonchev–Trinajstić information content (AvgIpc) is 2.95. The number of carbonyl (C=O) groups is 1. The molecule has 0 bridgehead atoms. The zero-order chi connectivity index (χ0) is 10.8. The lowest BCUT2D eigenvalue weighted by Crippen LogP contribution is -2.32. The maximum absolute atomic E-state index is 11.7. The lowest BCUT2D eigenvalue weighted by atomic mass is 10.3. The fourth-order valence-corrected chi connectivity index (χ4v) is 1.40. The van der Waals surface area contributed by atoms with Crippen molar-refractivity contribution >= 4 is 11.7 Å². The van der Waals surface area contributed by atoms with E-state index in [0.29, 0.717) is 11.7 Å². The van der Waals surface area contributed by atoms with Gasteiger partial charge in [0.15, 0.2) is 0 Å². The summed E-state index contributed by atoms with van der Waals surface area (Å²) < 4.78 is 1.58. The van der Waals surface area contributed by atoms with Crippen molar-refractivity contribution in [1.82, 2.24) is 15.1 Å². The van der Waals surface area contributed by atoms with Crippen LogP contribution in [-0.4, -0.2) is 22.2 Å². The Morgan fingerprint density at radius 3 is 3.07 bits per heavy atom. The fourth-order valence-electron chi connectivity index (χ4n) is 1.40. The Bertz CT molecular complexity index is 356. The van der Waals surface area contributed by atoms with Gasteiger partial charge in [-0.3, -0.25) is 9.48 Å². The fraction of sp³-hybridized carbons (Fsp3) is 0.600. The van der Waals surface area contributed by atoms with E-state index in [4.69, 9.17) is 5.73 Å². The van der Waals surface area contributed by atoms with Gasteiger partial charge < -0.3 is 11.1 Å². The van der Waals surface area contributed by atoms with E-state index in [0.717, 1.165) is 6.54 Å². The minimum atomic E-state index is -0.291. The number of nitrogens with two attached hydrogens (primary N) is 1. The van der Waals surface area contributed by atoms with E-state index >= 15 is 0 Å². The maximum atomic E-state index is 11.7. The second-order valence-corrected chi connectivity index (χ2v) is 4.09. The third kappa shape index (κ3) is 2.49. The highest BCUT2D eigenvalue weighted by molar-refractivity contribution is 5.79. The molecule has 3 N–H and O–H groups in total. The summed E-state index contributed by atoms with van der Waals surface area (Å²) >= 11 is 0. The predicted octanol–water partition coefficient (Wildman–Crippen LogP) is 0.552. The number of rotatable bonds is 4. The number of anilines is 1. The molecule has 1 heterocycles. The van der Waals surface area contributed by atoms with Gasteiger partial charge >= 0.3 is 0 Å². The Balaban J connectivity index is 1.88. The molecule has 5 heteroatoms. The molecule has 0 aromatic carbocycles. The number of aromatic nitrogens is 2. The minimum absolute atomic E-state index is 0.00463. The Morgan fingerprint density at radius 2 is 2.53 bits per heavy atom. The highest BCUT2D eigenvalue weighted by Crippen LogP contribution is 2.27. The number of amides is 1. The number of hydrogen-bond donors (Lipinski definition) is 2. The molecule has 2 rings (SSSR count). The second kappa shape index (κ2) is 3.92. The van der Waals surface area contributed by atoms with Gasteiger partial charge in [-0.05, 0) is 31.7 Å². The van der Waals surface area contributed by atoms with E-state index in [2.05, 4.69) is 10.4 Å². The van der Waals surface area contributed by atoms with Crippen LogP contribution in [0.5, 0.6) is 0 Å². The first-order chi connectivity index (χ1) is 7.16. The van der Waals surface area contributed by atoms with Crippen LogP contribution in [0.4, 0.5) is 5.82 Å². The molecule has 1 unspecified atom stereocenters. The zero-order valence-electron chi connectivity index (χ0n) is 8.81. The molecule has 1 saturated carbocycles. The minimum Gasteiger partial charge on any atom is -0.382 e. The van der Waals surface area contributed by atoms with Gasteiger partial charge in [0.05, 0.1) is 0 Å². The highest BCUT2D eigenvalue weighted by atomic mass is 16.2. The van der Waals surface area contributed by atoms with Crippen molar-refractivity contribution in [3.8, 4) is 0 Å². The molecule has 15 heavy (non-hydrogen) atoms. The van der Waals surface area contributed by atoms with Gasteiger partial charge in [0.2, 0.25) is 5.91 Å². The molecule has 1 aliphatic rings. The van der Waals surface area contributed by atoms with Gasteiger partial charge in [-0.2, -0.15) is 5.10 Å². The SMILES string of the molecule is CC(C(=O)NCC1CC1)n1ccc(N)n1. The third-order valence-electron chi connectivity index (χ3n) is 2.67. The number of hydrogen-bond acceptors (Lipinski definition) is 3. The molecule has 1 fully saturated rings. The summed E-state index contributed by atoms with van der Waals surface area (Å²) in [5, 5.41) is 6.92. The summed E-state index contributed by atoms with van der Waals surface area (Å²) in [6.07, 6.45) is 4.20. The van der Waals surface area contributed by atoms with Crippen molar-refractivity contribution in [2.24, 2.45) is 5.92 Å². The quantitative estimate of drug-likeness (QED) is 0.759. The Labute approximate surface area is 88.6 Å². The Hall–Kier alpha value is -1.52. The molecule has 0 saturated heterocycles. The van der Waals surface area contributed by atoms with Gasteiger partial charge in [0.25, 0.3) is 0 Å². The number of carbonyl (C=O) groups excluding carboxylic acids is 1. The molecular formula is C10H16N4O. The second-order valence-electron chi connectivity index (χ2n) is 4.09. The summed E-state index contributed by atoms with van der Waals surface area (Å²) in [5.41, 5.74) is 5.49. The highest BCUT2D eigenvalue weighted by Gasteiger charge is 2.23.